The first-order chi connectivity index (χ1) is 7.53. The van der Waals surface area contributed by atoms with Gasteiger partial charge in [-0.3, -0.25) is 0 Å². The normalized spacial score (nSPS) is 10.4. The average Bonchev–Trinajstić information content (AvgIpc) is 2.36. The van der Waals surface area contributed by atoms with Gasteiger partial charge in [0.1, 0.15) is 0 Å². The first-order valence-corrected chi connectivity index (χ1v) is 6.58. The summed E-state index contributed by atoms with van der Waals surface area (Å²) in [6.45, 7) is 1.44. The third kappa shape index (κ3) is 3.56. The zero-order valence-corrected chi connectivity index (χ0v) is 9.47. The van der Waals surface area contributed by atoms with Gasteiger partial charge in [-0.25, -0.2) is 0 Å². The monoisotopic (exact) mass is 260 g/mol. The SMILES string of the molecule is N#[C][Fe]([C]#N)([C]#N)([C]#N)[C]#N.NCCCN. The van der Waals surface area contributed by atoms with E-state index in [2.05, 4.69) is 0 Å². The minimum absolute atomic E-state index is 0.719. The number of hydrogen-bond acceptors (Lipinski definition) is 7. The van der Waals surface area contributed by atoms with Gasteiger partial charge in [0.25, 0.3) is 0 Å². The fraction of sp³-hybridized carbons (Fsp3) is 0.375. The van der Waals surface area contributed by atoms with Crippen LogP contribution in [0.4, 0.5) is 0 Å². The van der Waals surface area contributed by atoms with E-state index in [1.807, 2.05) is 0 Å². The molecule has 0 atom stereocenters. The maximum absolute atomic E-state index is 8.35. The largest absolute Gasteiger partial charge is 0.330 e. The fourth-order valence-electron chi connectivity index (χ4n) is 0.295. The topological polar surface area (TPSA) is 171 Å². The van der Waals surface area contributed by atoms with Crippen LogP contribution < -0.4 is 11.5 Å². The van der Waals surface area contributed by atoms with E-state index in [0.29, 0.717) is 0 Å². The molecule has 0 fully saturated rings. The molecule has 0 heterocycles. The quantitative estimate of drug-likeness (QED) is 0.622. The molecule has 0 saturated carbocycles. The molecule has 0 aromatic carbocycles. The fourth-order valence-corrected chi connectivity index (χ4v) is 0.847. The van der Waals surface area contributed by atoms with Crippen molar-refractivity contribution in [3.8, 4) is 24.8 Å². The zero-order valence-electron chi connectivity index (χ0n) is 8.37. The molecule has 0 amide bonds. The van der Waals surface area contributed by atoms with Crippen LogP contribution in [0.1, 0.15) is 6.42 Å². The third-order valence-corrected chi connectivity index (χ3v) is 3.67. The van der Waals surface area contributed by atoms with E-state index in [1.54, 1.807) is 0 Å². The smallest absolute Gasteiger partial charge is 0.00653 e. The van der Waals surface area contributed by atoms with Gasteiger partial charge in [0.2, 0.25) is 0 Å². The third-order valence-electron chi connectivity index (χ3n) is 1.20. The van der Waals surface area contributed by atoms with Gasteiger partial charge in [-0.05, 0) is 19.5 Å². The number of nitriles is 5. The van der Waals surface area contributed by atoms with Gasteiger partial charge in [-0.2, -0.15) is 0 Å². The Bertz CT molecular complexity index is 335. The average molecular weight is 260 g/mol. The summed E-state index contributed by atoms with van der Waals surface area (Å²) in [5, 5.41) is 41.8. The molecule has 0 rings (SSSR count). The summed E-state index contributed by atoms with van der Waals surface area (Å²) in [6.07, 6.45) is 0.944. The molecular formula is C8H10FeN7. The van der Waals surface area contributed by atoms with Gasteiger partial charge in [-0.1, -0.05) is 0 Å². The summed E-state index contributed by atoms with van der Waals surface area (Å²) >= 11 is -4.78. The summed E-state index contributed by atoms with van der Waals surface area (Å²) in [4.78, 5) is 6.12. The van der Waals surface area contributed by atoms with Gasteiger partial charge in [0, 0.05) is 0 Å². The maximum atomic E-state index is 8.35. The molecule has 4 N–H and O–H groups in total. The van der Waals surface area contributed by atoms with E-state index in [4.69, 9.17) is 37.8 Å². The Balaban J connectivity index is 0. The zero-order chi connectivity index (χ0) is 13.1. The molecule has 0 aromatic heterocycles. The summed E-state index contributed by atoms with van der Waals surface area (Å²) in [5.41, 5.74) is 10.1. The summed E-state index contributed by atoms with van der Waals surface area (Å²) in [7, 11) is 0. The van der Waals surface area contributed by atoms with E-state index in [0.717, 1.165) is 19.5 Å². The van der Waals surface area contributed by atoms with Gasteiger partial charge in [0.05, 0.1) is 0 Å². The number of hydrogen-bond donors (Lipinski definition) is 2. The molecule has 0 aliphatic heterocycles. The van der Waals surface area contributed by atoms with Crippen LogP contribution in [0.25, 0.3) is 0 Å². The number of nitrogens with zero attached hydrogens (tertiary/aromatic N) is 5. The predicted molar refractivity (Wildman–Crippen MR) is 50.8 cm³/mol. The second kappa shape index (κ2) is 7.22. The first-order valence-electron chi connectivity index (χ1n) is 3.82. The van der Waals surface area contributed by atoms with Crippen LogP contribution in [0.15, 0.2) is 0 Å². The summed E-state index contributed by atoms with van der Waals surface area (Å²) < 4.78 is 0. The molecule has 16 heavy (non-hydrogen) atoms. The molecule has 0 spiro atoms. The molecular weight excluding hydrogens is 250 g/mol. The second-order valence-corrected chi connectivity index (χ2v) is 6.21. The van der Waals surface area contributed by atoms with Crippen LogP contribution >= 0.6 is 0 Å². The van der Waals surface area contributed by atoms with E-state index in [1.165, 1.54) is 24.8 Å². The van der Waals surface area contributed by atoms with Crippen molar-refractivity contribution < 1.29 is 11.8 Å². The molecule has 0 saturated heterocycles. The number of rotatable bonds is 2. The maximum Gasteiger partial charge on any atom is -0.00653 e. The van der Waals surface area contributed by atoms with Crippen molar-refractivity contribution in [3.05, 3.63) is 0 Å². The molecule has 8 heteroatoms. The van der Waals surface area contributed by atoms with Crippen LogP contribution in [0.5, 0.6) is 0 Å². The number of nitrogens with two attached hydrogens (primary N) is 2. The Morgan fingerprint density at radius 2 is 0.938 bits per heavy atom. The van der Waals surface area contributed by atoms with E-state index in [-0.39, 0.29) is 0 Å². The molecule has 7 nitrogen and oxygen atoms in total. The Hall–Kier alpha value is -2.11. The van der Waals surface area contributed by atoms with Gasteiger partial charge in [-0.15, -0.1) is 0 Å². The van der Waals surface area contributed by atoms with Crippen molar-refractivity contribution in [1.29, 1.82) is 26.3 Å². The Morgan fingerprint density at radius 1 is 0.688 bits per heavy atom. The van der Waals surface area contributed by atoms with Gasteiger partial charge in [0.15, 0.2) is 0 Å². The minimum Gasteiger partial charge on any atom is -0.330 e. The van der Waals surface area contributed by atoms with Crippen LogP contribution in [-0.2, 0) is 11.8 Å². The molecule has 85 valence electrons. The second-order valence-electron chi connectivity index (χ2n) is 2.21. The first kappa shape index (κ1) is 16.3. The Kier molecular flexibility index (Phi) is 7.36. The summed E-state index contributed by atoms with van der Waals surface area (Å²) in [6, 6.07) is 0. The predicted octanol–water partition coefficient (Wildman–Crippen LogP) is -0.625. The Morgan fingerprint density at radius 3 is 0.938 bits per heavy atom. The van der Waals surface area contributed by atoms with E-state index in [9.17, 15) is 0 Å². The molecule has 0 bridgehead atoms. The van der Waals surface area contributed by atoms with E-state index < -0.39 is 11.8 Å². The molecule has 0 aliphatic rings. The standard InChI is InChI=1S/C3H10N2.5CN.Fe/c4-2-1-3-5;5*1-2;/h1-5H2;;;;;;. The van der Waals surface area contributed by atoms with Crippen molar-refractivity contribution in [2.24, 2.45) is 11.5 Å². The van der Waals surface area contributed by atoms with Crippen molar-refractivity contribution in [1.82, 2.24) is 0 Å². The van der Waals surface area contributed by atoms with Crippen molar-refractivity contribution >= 4 is 0 Å². The molecule has 0 aromatic rings. The van der Waals surface area contributed by atoms with Crippen LogP contribution in [0.2, 0.25) is 0 Å². The Labute approximate surface area is 94.3 Å². The van der Waals surface area contributed by atoms with Gasteiger partial charge >= 0.3 is 62.9 Å². The molecule has 0 unspecified atom stereocenters. The molecule has 0 aliphatic carbocycles. The molecule has 0 radical (unpaired) electrons. The van der Waals surface area contributed by atoms with E-state index >= 15 is 0 Å². The summed E-state index contributed by atoms with van der Waals surface area (Å²) in [5.74, 6) is 0. The van der Waals surface area contributed by atoms with Crippen molar-refractivity contribution in [2.75, 3.05) is 13.1 Å². The van der Waals surface area contributed by atoms with Crippen LogP contribution in [-0.4, -0.2) is 13.1 Å². The van der Waals surface area contributed by atoms with Crippen LogP contribution in [0.3, 0.4) is 0 Å². The minimum atomic E-state index is -4.78. The van der Waals surface area contributed by atoms with Gasteiger partial charge < -0.3 is 11.5 Å². The van der Waals surface area contributed by atoms with Crippen molar-refractivity contribution in [2.45, 2.75) is 6.42 Å². The van der Waals surface area contributed by atoms with Crippen molar-refractivity contribution in [3.63, 3.8) is 0 Å². The van der Waals surface area contributed by atoms with Crippen LogP contribution in [0, 0.1) is 51.1 Å².